The fraction of sp³-hybridized carbons (Fsp3) is 0.583. The Morgan fingerprint density at radius 3 is 2.76 bits per heavy atom. The number of nitrogens with one attached hydrogen (secondary N) is 2. The fourth-order valence-corrected chi connectivity index (χ4v) is 2.04. The minimum atomic E-state index is -0.0397. The number of hydrogen-bond acceptors (Lipinski definition) is 5. The van der Waals surface area contributed by atoms with E-state index in [9.17, 15) is 5.26 Å². The number of nitrogens with zero attached hydrogens (tertiary/aromatic N) is 3. The summed E-state index contributed by atoms with van der Waals surface area (Å²) in [6, 6.07) is 2.21. The molecule has 0 bridgehead atoms. The third-order valence-electron chi connectivity index (χ3n) is 3.36. The molecule has 0 spiro atoms. The fourth-order valence-electron chi connectivity index (χ4n) is 2.04. The van der Waals surface area contributed by atoms with Gasteiger partial charge < -0.3 is 10.6 Å². The van der Waals surface area contributed by atoms with Crippen LogP contribution >= 0.6 is 0 Å². The number of aromatic nitrogens is 2. The molecule has 1 saturated heterocycles. The second-order valence-corrected chi connectivity index (χ2v) is 4.86. The van der Waals surface area contributed by atoms with E-state index in [1.165, 1.54) is 0 Å². The van der Waals surface area contributed by atoms with Gasteiger partial charge in [0, 0.05) is 12.1 Å². The zero-order valence-corrected chi connectivity index (χ0v) is 10.5. The van der Waals surface area contributed by atoms with Crippen molar-refractivity contribution in [3.05, 3.63) is 16.8 Å². The number of aryl methyl sites for hydroxylation is 1. The van der Waals surface area contributed by atoms with Gasteiger partial charge in [-0.1, -0.05) is 0 Å². The van der Waals surface area contributed by atoms with Crippen molar-refractivity contribution in [2.45, 2.75) is 32.7 Å². The van der Waals surface area contributed by atoms with Crippen LogP contribution in [0.5, 0.6) is 0 Å². The molecule has 90 valence electrons. The van der Waals surface area contributed by atoms with Gasteiger partial charge in [-0.05, 0) is 39.3 Å². The molecule has 1 aromatic rings. The Labute approximate surface area is 101 Å². The number of nitriles is 1. The van der Waals surface area contributed by atoms with Crippen LogP contribution in [0.1, 0.15) is 30.2 Å². The minimum absolute atomic E-state index is 0.0397. The quantitative estimate of drug-likeness (QED) is 0.798. The van der Waals surface area contributed by atoms with Crippen LogP contribution in [-0.4, -0.2) is 28.8 Å². The van der Waals surface area contributed by atoms with E-state index in [4.69, 9.17) is 0 Å². The minimum Gasteiger partial charge on any atom is -0.361 e. The Morgan fingerprint density at radius 2 is 2.18 bits per heavy atom. The topological polar surface area (TPSA) is 73.6 Å². The van der Waals surface area contributed by atoms with Gasteiger partial charge in [-0.25, -0.2) is 0 Å². The third-order valence-corrected chi connectivity index (χ3v) is 3.36. The summed E-state index contributed by atoms with van der Waals surface area (Å²) in [5.41, 5.74) is 2.27. The number of hydrogen-bond donors (Lipinski definition) is 2. The van der Waals surface area contributed by atoms with Crippen LogP contribution in [0.3, 0.4) is 0 Å². The lowest BCUT2D eigenvalue weighted by Gasteiger charge is -2.25. The van der Waals surface area contributed by atoms with Gasteiger partial charge in [0.25, 0.3) is 0 Å². The normalized spacial score (nSPS) is 23.4. The molecule has 5 nitrogen and oxygen atoms in total. The van der Waals surface area contributed by atoms with Crippen molar-refractivity contribution < 1.29 is 0 Å². The standard InChI is InChI=1S/C12H17N5/c1-8-9(2)16-17-11(10(8)6-13)15-12(3)4-5-14-7-12/h14H,4-5,7H2,1-3H3,(H,15,17). The number of anilines is 1. The summed E-state index contributed by atoms with van der Waals surface area (Å²) in [5.74, 6) is 0.599. The maximum Gasteiger partial charge on any atom is 0.167 e. The van der Waals surface area contributed by atoms with Crippen LogP contribution < -0.4 is 10.6 Å². The molecule has 2 heterocycles. The van der Waals surface area contributed by atoms with E-state index in [1.54, 1.807) is 0 Å². The van der Waals surface area contributed by atoms with E-state index >= 15 is 0 Å². The van der Waals surface area contributed by atoms with Crippen molar-refractivity contribution in [3.8, 4) is 6.07 Å². The highest BCUT2D eigenvalue weighted by Gasteiger charge is 2.29. The molecule has 2 N–H and O–H groups in total. The molecule has 1 aliphatic rings. The van der Waals surface area contributed by atoms with Crippen LogP contribution in [0, 0.1) is 25.2 Å². The molecular weight excluding hydrogens is 214 g/mol. The van der Waals surface area contributed by atoms with E-state index in [0.717, 1.165) is 30.8 Å². The molecule has 5 heteroatoms. The van der Waals surface area contributed by atoms with E-state index in [1.807, 2.05) is 13.8 Å². The van der Waals surface area contributed by atoms with Gasteiger partial charge in [-0.15, -0.1) is 5.10 Å². The first-order valence-electron chi connectivity index (χ1n) is 5.79. The first-order chi connectivity index (χ1) is 8.06. The molecule has 1 aromatic heterocycles. The molecule has 1 atom stereocenters. The van der Waals surface area contributed by atoms with E-state index < -0.39 is 0 Å². The summed E-state index contributed by atoms with van der Waals surface area (Å²) in [7, 11) is 0. The summed E-state index contributed by atoms with van der Waals surface area (Å²) in [5, 5.41) is 24.0. The average molecular weight is 231 g/mol. The highest BCUT2D eigenvalue weighted by molar-refractivity contribution is 5.57. The summed E-state index contributed by atoms with van der Waals surface area (Å²) in [6.45, 7) is 7.77. The summed E-state index contributed by atoms with van der Waals surface area (Å²) < 4.78 is 0. The largest absolute Gasteiger partial charge is 0.361 e. The molecule has 1 fully saturated rings. The van der Waals surface area contributed by atoms with Gasteiger partial charge in [-0.2, -0.15) is 10.4 Å². The Morgan fingerprint density at radius 1 is 1.41 bits per heavy atom. The lowest BCUT2D eigenvalue weighted by molar-refractivity contribution is 0.562. The predicted octanol–water partition coefficient (Wildman–Crippen LogP) is 1.13. The highest BCUT2D eigenvalue weighted by Crippen LogP contribution is 2.24. The number of rotatable bonds is 2. The summed E-state index contributed by atoms with van der Waals surface area (Å²) >= 11 is 0. The van der Waals surface area contributed by atoms with Crippen molar-refractivity contribution in [2.75, 3.05) is 18.4 Å². The second kappa shape index (κ2) is 4.30. The monoisotopic (exact) mass is 231 g/mol. The molecule has 17 heavy (non-hydrogen) atoms. The van der Waals surface area contributed by atoms with Crippen molar-refractivity contribution in [3.63, 3.8) is 0 Å². The molecule has 0 saturated carbocycles. The Bertz CT molecular complexity index is 469. The van der Waals surface area contributed by atoms with E-state index in [-0.39, 0.29) is 5.54 Å². The molecule has 0 aliphatic carbocycles. The van der Waals surface area contributed by atoms with Gasteiger partial charge >= 0.3 is 0 Å². The second-order valence-electron chi connectivity index (χ2n) is 4.86. The Balaban J connectivity index is 2.33. The van der Waals surface area contributed by atoms with Crippen LogP contribution in [0.25, 0.3) is 0 Å². The molecule has 1 aliphatic heterocycles. The molecular formula is C12H17N5. The maximum absolute atomic E-state index is 9.21. The van der Waals surface area contributed by atoms with Gasteiger partial charge in [0.2, 0.25) is 0 Å². The van der Waals surface area contributed by atoms with Crippen LogP contribution in [0.4, 0.5) is 5.82 Å². The Hall–Kier alpha value is -1.67. The molecule has 0 aromatic carbocycles. The lowest BCUT2D eigenvalue weighted by atomic mass is 10.0. The van der Waals surface area contributed by atoms with Crippen molar-refractivity contribution in [2.24, 2.45) is 0 Å². The first-order valence-corrected chi connectivity index (χ1v) is 5.79. The third kappa shape index (κ3) is 2.22. The van der Waals surface area contributed by atoms with Crippen LogP contribution in [-0.2, 0) is 0 Å². The average Bonchev–Trinajstić information content (AvgIpc) is 2.71. The van der Waals surface area contributed by atoms with Crippen molar-refractivity contribution in [1.29, 1.82) is 5.26 Å². The van der Waals surface area contributed by atoms with Crippen LogP contribution in [0.2, 0.25) is 0 Å². The molecule has 1 unspecified atom stereocenters. The van der Waals surface area contributed by atoms with Gasteiger partial charge in [0.15, 0.2) is 5.82 Å². The molecule has 0 amide bonds. The first kappa shape index (κ1) is 11.8. The SMILES string of the molecule is Cc1nnc(NC2(C)CCNC2)c(C#N)c1C. The summed E-state index contributed by atoms with van der Waals surface area (Å²) in [4.78, 5) is 0. The van der Waals surface area contributed by atoms with Gasteiger partial charge in [0.1, 0.15) is 11.6 Å². The maximum atomic E-state index is 9.21. The lowest BCUT2D eigenvalue weighted by Crippen LogP contribution is -2.37. The molecule has 2 rings (SSSR count). The zero-order valence-electron chi connectivity index (χ0n) is 10.5. The van der Waals surface area contributed by atoms with E-state index in [0.29, 0.717) is 11.4 Å². The Kier molecular flexibility index (Phi) is 2.99. The van der Waals surface area contributed by atoms with Crippen LogP contribution in [0.15, 0.2) is 0 Å². The smallest absolute Gasteiger partial charge is 0.167 e. The predicted molar refractivity (Wildman–Crippen MR) is 65.7 cm³/mol. The molecule has 0 radical (unpaired) electrons. The van der Waals surface area contributed by atoms with Gasteiger partial charge in [-0.3, -0.25) is 0 Å². The zero-order chi connectivity index (χ0) is 12.5. The van der Waals surface area contributed by atoms with Crippen molar-refractivity contribution in [1.82, 2.24) is 15.5 Å². The van der Waals surface area contributed by atoms with Crippen molar-refractivity contribution >= 4 is 5.82 Å². The summed E-state index contributed by atoms with van der Waals surface area (Å²) in [6.07, 6.45) is 1.02. The highest BCUT2D eigenvalue weighted by atomic mass is 15.2. The van der Waals surface area contributed by atoms with E-state index in [2.05, 4.69) is 33.8 Å². The van der Waals surface area contributed by atoms with Gasteiger partial charge in [0.05, 0.1) is 5.69 Å².